The van der Waals surface area contributed by atoms with Crippen LogP contribution in [0.15, 0.2) is 0 Å². The van der Waals surface area contributed by atoms with Crippen LogP contribution in [0.25, 0.3) is 0 Å². The fourth-order valence-electron chi connectivity index (χ4n) is 3.03. The summed E-state index contributed by atoms with van der Waals surface area (Å²) < 4.78 is 5.07. The Morgan fingerprint density at radius 1 is 1.27 bits per heavy atom. The van der Waals surface area contributed by atoms with Crippen molar-refractivity contribution >= 4 is 0 Å². The Morgan fingerprint density at radius 2 is 1.91 bits per heavy atom. The summed E-state index contributed by atoms with van der Waals surface area (Å²) in [4.78, 5) is 0. The topological polar surface area (TPSA) is 35.2 Å². The molecular formula is C9H17NO. The SMILES string of the molecule is COCCC12CC(CN)(C1)C2. The van der Waals surface area contributed by atoms with E-state index in [1.807, 2.05) is 0 Å². The van der Waals surface area contributed by atoms with Gasteiger partial charge in [-0.2, -0.15) is 0 Å². The minimum Gasteiger partial charge on any atom is -0.385 e. The van der Waals surface area contributed by atoms with Gasteiger partial charge in [0.2, 0.25) is 0 Å². The first-order valence-corrected chi connectivity index (χ1v) is 4.43. The van der Waals surface area contributed by atoms with Gasteiger partial charge in [0, 0.05) is 13.7 Å². The lowest BCUT2D eigenvalue weighted by Crippen LogP contribution is -2.64. The molecule has 0 unspecified atom stereocenters. The number of methoxy groups -OCH3 is 1. The maximum Gasteiger partial charge on any atom is 0.0467 e. The van der Waals surface area contributed by atoms with Crippen molar-refractivity contribution in [3.63, 3.8) is 0 Å². The lowest BCUT2D eigenvalue weighted by molar-refractivity contribution is -0.205. The zero-order chi connectivity index (χ0) is 7.95. The highest BCUT2D eigenvalue weighted by Crippen LogP contribution is 2.74. The summed E-state index contributed by atoms with van der Waals surface area (Å²) in [6.07, 6.45) is 5.38. The maximum atomic E-state index is 5.66. The fraction of sp³-hybridized carbons (Fsp3) is 1.00. The first kappa shape index (κ1) is 7.56. The summed E-state index contributed by atoms with van der Waals surface area (Å²) in [5, 5.41) is 0. The Balaban J connectivity index is 1.76. The highest BCUT2D eigenvalue weighted by Gasteiger charge is 2.65. The third-order valence-electron chi connectivity index (χ3n) is 3.52. The number of nitrogens with two attached hydrogens (primary N) is 1. The molecule has 2 N–H and O–H groups in total. The first-order valence-electron chi connectivity index (χ1n) is 4.43. The highest BCUT2D eigenvalue weighted by atomic mass is 16.5. The molecule has 2 bridgehead atoms. The van der Waals surface area contributed by atoms with E-state index in [9.17, 15) is 0 Å². The molecule has 0 atom stereocenters. The Kier molecular flexibility index (Phi) is 1.52. The predicted octanol–water partition coefficient (Wildman–Crippen LogP) is 1.15. The molecule has 3 rings (SSSR count). The van der Waals surface area contributed by atoms with Crippen molar-refractivity contribution in [2.75, 3.05) is 20.3 Å². The zero-order valence-electron chi connectivity index (χ0n) is 7.23. The summed E-state index contributed by atoms with van der Waals surface area (Å²) in [5.41, 5.74) is 6.93. The van der Waals surface area contributed by atoms with E-state index in [4.69, 9.17) is 10.5 Å². The second-order valence-corrected chi connectivity index (χ2v) is 4.48. The Morgan fingerprint density at radius 3 is 2.36 bits per heavy atom. The van der Waals surface area contributed by atoms with E-state index in [1.54, 1.807) is 7.11 Å². The van der Waals surface area contributed by atoms with Gasteiger partial charge in [-0.25, -0.2) is 0 Å². The van der Waals surface area contributed by atoms with E-state index in [2.05, 4.69) is 0 Å². The average molecular weight is 155 g/mol. The molecule has 64 valence electrons. The Bertz CT molecular complexity index is 141. The van der Waals surface area contributed by atoms with E-state index < -0.39 is 0 Å². The summed E-state index contributed by atoms with van der Waals surface area (Å²) in [6.45, 7) is 1.84. The van der Waals surface area contributed by atoms with E-state index in [-0.39, 0.29) is 0 Å². The minimum absolute atomic E-state index is 0.591. The van der Waals surface area contributed by atoms with Crippen LogP contribution in [0.5, 0.6) is 0 Å². The quantitative estimate of drug-likeness (QED) is 0.661. The van der Waals surface area contributed by atoms with E-state index in [0.29, 0.717) is 10.8 Å². The van der Waals surface area contributed by atoms with Crippen molar-refractivity contribution in [1.82, 2.24) is 0 Å². The third kappa shape index (κ3) is 0.926. The summed E-state index contributed by atoms with van der Waals surface area (Å²) in [5.74, 6) is 0. The van der Waals surface area contributed by atoms with Gasteiger partial charge in [-0.05, 0) is 43.1 Å². The van der Waals surface area contributed by atoms with Crippen molar-refractivity contribution in [2.45, 2.75) is 25.7 Å². The van der Waals surface area contributed by atoms with E-state index in [1.165, 1.54) is 25.7 Å². The van der Waals surface area contributed by atoms with Gasteiger partial charge in [0.25, 0.3) is 0 Å². The van der Waals surface area contributed by atoms with Gasteiger partial charge in [-0.15, -0.1) is 0 Å². The largest absolute Gasteiger partial charge is 0.385 e. The summed E-state index contributed by atoms with van der Waals surface area (Å²) in [7, 11) is 1.78. The van der Waals surface area contributed by atoms with E-state index >= 15 is 0 Å². The van der Waals surface area contributed by atoms with Crippen LogP contribution in [0.1, 0.15) is 25.7 Å². The lowest BCUT2D eigenvalue weighted by Gasteiger charge is -2.71. The monoisotopic (exact) mass is 155 g/mol. The second-order valence-electron chi connectivity index (χ2n) is 4.48. The molecule has 3 fully saturated rings. The molecule has 0 spiro atoms. The summed E-state index contributed by atoms with van der Waals surface area (Å²) in [6, 6.07) is 0. The normalized spacial score (nSPS) is 46.4. The number of hydrogen-bond donors (Lipinski definition) is 1. The molecule has 0 aromatic carbocycles. The van der Waals surface area contributed by atoms with Crippen LogP contribution >= 0.6 is 0 Å². The van der Waals surface area contributed by atoms with Crippen LogP contribution < -0.4 is 5.73 Å². The van der Waals surface area contributed by atoms with Crippen molar-refractivity contribution in [1.29, 1.82) is 0 Å². The van der Waals surface area contributed by atoms with Gasteiger partial charge >= 0.3 is 0 Å². The van der Waals surface area contributed by atoms with Crippen LogP contribution in [0, 0.1) is 10.8 Å². The smallest absolute Gasteiger partial charge is 0.0467 e. The van der Waals surface area contributed by atoms with Crippen LogP contribution in [0.2, 0.25) is 0 Å². The molecule has 2 heteroatoms. The minimum atomic E-state index is 0.591. The van der Waals surface area contributed by atoms with Gasteiger partial charge < -0.3 is 10.5 Å². The van der Waals surface area contributed by atoms with Crippen molar-refractivity contribution < 1.29 is 4.74 Å². The standard InChI is InChI=1S/C9H17NO/c1-11-3-2-8-4-9(5-8,6-8)7-10/h2-7,10H2,1H3. The van der Waals surface area contributed by atoms with Gasteiger partial charge in [0.15, 0.2) is 0 Å². The molecule has 0 aliphatic heterocycles. The second kappa shape index (κ2) is 2.20. The molecule has 0 radical (unpaired) electrons. The maximum absolute atomic E-state index is 5.66. The number of hydrogen-bond acceptors (Lipinski definition) is 2. The average Bonchev–Trinajstić information content (AvgIpc) is 1.83. The van der Waals surface area contributed by atoms with Crippen molar-refractivity contribution in [2.24, 2.45) is 16.6 Å². The van der Waals surface area contributed by atoms with Gasteiger partial charge in [-0.3, -0.25) is 0 Å². The van der Waals surface area contributed by atoms with Crippen molar-refractivity contribution in [3.05, 3.63) is 0 Å². The van der Waals surface area contributed by atoms with E-state index in [0.717, 1.165) is 13.2 Å². The van der Waals surface area contributed by atoms with Crippen LogP contribution in [-0.4, -0.2) is 20.3 Å². The molecule has 0 aromatic rings. The molecular weight excluding hydrogens is 138 g/mol. The molecule has 3 aliphatic rings. The number of rotatable bonds is 4. The van der Waals surface area contributed by atoms with Gasteiger partial charge in [0.1, 0.15) is 0 Å². The summed E-state index contributed by atoms with van der Waals surface area (Å²) >= 11 is 0. The third-order valence-corrected chi connectivity index (χ3v) is 3.52. The molecule has 11 heavy (non-hydrogen) atoms. The molecule has 0 aromatic heterocycles. The Labute approximate surface area is 68.1 Å². The molecule has 2 nitrogen and oxygen atoms in total. The highest BCUT2D eigenvalue weighted by molar-refractivity contribution is 5.17. The van der Waals surface area contributed by atoms with Gasteiger partial charge in [-0.1, -0.05) is 0 Å². The molecule has 3 saturated carbocycles. The first-order chi connectivity index (χ1) is 5.24. The van der Waals surface area contributed by atoms with Crippen LogP contribution in [0.3, 0.4) is 0 Å². The molecule has 0 heterocycles. The number of ether oxygens (including phenoxy) is 1. The lowest BCUT2D eigenvalue weighted by atomic mass is 9.34. The van der Waals surface area contributed by atoms with Crippen LogP contribution in [0.4, 0.5) is 0 Å². The zero-order valence-corrected chi connectivity index (χ0v) is 7.23. The Hall–Kier alpha value is -0.0800. The van der Waals surface area contributed by atoms with Crippen molar-refractivity contribution in [3.8, 4) is 0 Å². The molecule has 0 saturated heterocycles. The van der Waals surface area contributed by atoms with Gasteiger partial charge in [0.05, 0.1) is 0 Å². The molecule has 3 aliphatic carbocycles. The fourth-order valence-corrected chi connectivity index (χ4v) is 3.03. The predicted molar refractivity (Wildman–Crippen MR) is 44.3 cm³/mol. The molecule has 0 amide bonds. The van der Waals surface area contributed by atoms with Crippen LogP contribution in [-0.2, 0) is 4.74 Å².